The Morgan fingerprint density at radius 1 is 0.971 bits per heavy atom. The van der Waals surface area contributed by atoms with Gasteiger partial charge in [-0.05, 0) is 85.8 Å². The number of aliphatic hydroxyl groups excluding tert-OH is 1. The van der Waals surface area contributed by atoms with Crippen molar-refractivity contribution in [3.05, 3.63) is 65.7 Å². The summed E-state index contributed by atoms with van der Waals surface area (Å²) in [6.45, 7) is 2.26. The number of carbonyl (C=O) groups excluding carboxylic acids is 1. The van der Waals surface area contributed by atoms with Crippen LogP contribution in [0.3, 0.4) is 0 Å². The van der Waals surface area contributed by atoms with Crippen molar-refractivity contribution in [2.45, 2.75) is 51.0 Å². The van der Waals surface area contributed by atoms with E-state index < -0.39 is 6.10 Å². The molecule has 5 nitrogen and oxygen atoms in total. The number of carbonyl (C=O) groups is 1. The molecule has 0 aliphatic heterocycles. The second kappa shape index (κ2) is 10.5. The first-order chi connectivity index (χ1) is 16.6. The van der Waals surface area contributed by atoms with E-state index >= 15 is 0 Å². The number of amides is 1. The number of para-hydroxylation sites is 1. The Morgan fingerprint density at radius 2 is 1.62 bits per heavy atom. The third-order valence-electron chi connectivity index (χ3n) is 8.15. The number of ether oxygens (including phenoxy) is 1. The fourth-order valence-electron chi connectivity index (χ4n) is 7.10. The third-order valence-corrected chi connectivity index (χ3v) is 8.15. The number of nitrogens with one attached hydrogen (secondary N) is 2. The van der Waals surface area contributed by atoms with Gasteiger partial charge in [-0.2, -0.15) is 0 Å². The Balaban J connectivity index is 1.06. The van der Waals surface area contributed by atoms with Crippen molar-refractivity contribution in [3.8, 4) is 5.75 Å². The van der Waals surface area contributed by atoms with E-state index in [0.29, 0.717) is 29.8 Å². The molecule has 34 heavy (non-hydrogen) atoms. The van der Waals surface area contributed by atoms with Crippen LogP contribution in [-0.2, 0) is 6.42 Å². The minimum absolute atomic E-state index is 0.152. The predicted molar refractivity (Wildman–Crippen MR) is 134 cm³/mol. The maximum atomic E-state index is 12.7. The number of aliphatic hydroxyl groups is 1. The third kappa shape index (κ3) is 5.64. The average molecular weight is 463 g/mol. The van der Waals surface area contributed by atoms with Crippen molar-refractivity contribution in [1.29, 1.82) is 0 Å². The van der Waals surface area contributed by atoms with Crippen LogP contribution in [0.1, 0.15) is 54.4 Å². The summed E-state index contributed by atoms with van der Waals surface area (Å²) in [5.74, 6) is 3.19. The second-order valence-electron chi connectivity index (χ2n) is 11.0. The van der Waals surface area contributed by atoms with Crippen molar-refractivity contribution in [2.24, 2.45) is 23.2 Å². The number of hydrogen-bond acceptors (Lipinski definition) is 4. The van der Waals surface area contributed by atoms with E-state index in [1.807, 2.05) is 30.3 Å². The van der Waals surface area contributed by atoms with Gasteiger partial charge in [-0.25, -0.2) is 0 Å². The van der Waals surface area contributed by atoms with Crippen LogP contribution >= 0.6 is 0 Å². The predicted octanol–water partition coefficient (Wildman–Crippen LogP) is 4.20. The lowest BCUT2D eigenvalue weighted by atomic mass is 9.49. The van der Waals surface area contributed by atoms with Crippen molar-refractivity contribution in [1.82, 2.24) is 10.6 Å². The molecule has 1 atom stereocenters. The number of hydrogen-bond donors (Lipinski definition) is 3. The smallest absolute Gasteiger partial charge is 0.255 e. The first kappa shape index (κ1) is 23.4. The summed E-state index contributed by atoms with van der Waals surface area (Å²) < 4.78 is 5.88. The van der Waals surface area contributed by atoms with Gasteiger partial charge in [0.25, 0.3) is 5.91 Å². The van der Waals surface area contributed by atoms with Gasteiger partial charge in [0.1, 0.15) is 18.5 Å². The summed E-state index contributed by atoms with van der Waals surface area (Å²) in [6.07, 6.45) is 8.63. The first-order valence-corrected chi connectivity index (χ1v) is 13.0. The van der Waals surface area contributed by atoms with Crippen LogP contribution in [0, 0.1) is 23.2 Å². The maximum absolute atomic E-state index is 12.7. The van der Waals surface area contributed by atoms with Gasteiger partial charge >= 0.3 is 0 Å². The minimum atomic E-state index is -0.608. The van der Waals surface area contributed by atoms with Gasteiger partial charge in [-0.15, -0.1) is 0 Å². The molecular weight excluding hydrogens is 424 g/mol. The molecule has 1 unspecified atom stereocenters. The average Bonchev–Trinajstić information content (AvgIpc) is 2.82. The fourth-order valence-corrected chi connectivity index (χ4v) is 7.10. The molecule has 5 heteroatoms. The van der Waals surface area contributed by atoms with Crippen molar-refractivity contribution < 1.29 is 14.6 Å². The molecular formula is C29H38N2O3. The van der Waals surface area contributed by atoms with E-state index in [-0.39, 0.29) is 12.5 Å². The quantitative estimate of drug-likeness (QED) is 0.468. The summed E-state index contributed by atoms with van der Waals surface area (Å²) in [5.41, 5.74) is 2.15. The molecule has 0 spiro atoms. The zero-order valence-corrected chi connectivity index (χ0v) is 20.0. The van der Waals surface area contributed by atoms with E-state index in [1.54, 1.807) is 12.1 Å². The highest BCUT2D eigenvalue weighted by molar-refractivity contribution is 5.96. The Hall–Kier alpha value is -2.37. The molecule has 4 fully saturated rings. The van der Waals surface area contributed by atoms with Gasteiger partial charge in [0.15, 0.2) is 0 Å². The normalized spacial score (nSPS) is 28.0. The summed E-state index contributed by atoms with van der Waals surface area (Å²) in [7, 11) is 0. The fraction of sp³-hybridized carbons (Fsp3) is 0.552. The van der Waals surface area contributed by atoms with Crippen LogP contribution in [0.25, 0.3) is 0 Å². The van der Waals surface area contributed by atoms with Gasteiger partial charge in [0.05, 0.1) is 5.56 Å². The van der Waals surface area contributed by atoms with Crippen LogP contribution in [0.2, 0.25) is 0 Å². The summed E-state index contributed by atoms with van der Waals surface area (Å²) in [5, 5.41) is 17.1. The summed E-state index contributed by atoms with van der Waals surface area (Å²) >= 11 is 0. The van der Waals surface area contributed by atoms with Gasteiger partial charge < -0.3 is 20.5 Å². The molecule has 4 saturated carbocycles. The van der Waals surface area contributed by atoms with Crippen LogP contribution in [0.15, 0.2) is 54.6 Å². The second-order valence-corrected chi connectivity index (χ2v) is 11.0. The van der Waals surface area contributed by atoms with E-state index in [0.717, 1.165) is 30.7 Å². The molecule has 0 saturated heterocycles. The molecule has 3 N–H and O–H groups in total. The van der Waals surface area contributed by atoms with Crippen LogP contribution in [0.5, 0.6) is 5.75 Å². The molecule has 1 amide bonds. The Morgan fingerprint density at radius 3 is 2.32 bits per heavy atom. The molecule has 182 valence electrons. The number of rotatable bonds is 11. The van der Waals surface area contributed by atoms with E-state index in [4.69, 9.17) is 4.74 Å². The van der Waals surface area contributed by atoms with Crippen LogP contribution in [0.4, 0.5) is 0 Å². The van der Waals surface area contributed by atoms with Gasteiger partial charge in [-0.3, -0.25) is 4.79 Å². The molecule has 6 rings (SSSR count). The minimum Gasteiger partial charge on any atom is -0.490 e. The molecule has 2 aromatic rings. The lowest BCUT2D eigenvalue weighted by Gasteiger charge is -2.57. The van der Waals surface area contributed by atoms with E-state index in [1.165, 1.54) is 44.1 Å². The Kier molecular flexibility index (Phi) is 7.21. The monoisotopic (exact) mass is 462 g/mol. The zero-order chi connectivity index (χ0) is 23.4. The van der Waals surface area contributed by atoms with Crippen molar-refractivity contribution >= 4 is 5.91 Å². The van der Waals surface area contributed by atoms with Crippen molar-refractivity contribution in [3.63, 3.8) is 0 Å². The highest BCUT2D eigenvalue weighted by Gasteiger charge is 2.50. The first-order valence-electron chi connectivity index (χ1n) is 13.0. The van der Waals surface area contributed by atoms with Crippen LogP contribution in [-0.4, -0.2) is 43.4 Å². The molecule has 0 radical (unpaired) electrons. The molecule has 4 aliphatic rings. The van der Waals surface area contributed by atoms with Crippen LogP contribution < -0.4 is 15.4 Å². The largest absolute Gasteiger partial charge is 0.490 e. The lowest BCUT2D eigenvalue weighted by molar-refractivity contribution is -0.0524. The van der Waals surface area contributed by atoms with E-state index in [9.17, 15) is 9.90 Å². The molecule has 4 aliphatic carbocycles. The molecule has 4 bridgehead atoms. The lowest BCUT2D eigenvalue weighted by Crippen LogP contribution is -2.51. The van der Waals surface area contributed by atoms with Crippen molar-refractivity contribution in [2.75, 3.05) is 26.2 Å². The summed E-state index contributed by atoms with van der Waals surface area (Å²) in [4.78, 5) is 12.7. The Labute approximate surface area is 203 Å². The van der Waals surface area contributed by atoms with E-state index in [2.05, 4.69) is 22.8 Å². The van der Waals surface area contributed by atoms with Gasteiger partial charge in [-0.1, -0.05) is 42.5 Å². The molecule has 0 aromatic heterocycles. The standard InChI is InChI=1S/C29H38N2O3/c32-25(18-30-20-29-15-22-12-23(16-29)14-24(13-22)17-29)19-34-27-9-5-4-8-26(27)28(33)31-11-10-21-6-2-1-3-7-21/h1-9,22-25,30,32H,10-20H2,(H,31,33). The Bertz CT molecular complexity index is 926. The molecule has 2 aromatic carbocycles. The maximum Gasteiger partial charge on any atom is 0.255 e. The van der Waals surface area contributed by atoms with Gasteiger partial charge in [0, 0.05) is 19.6 Å². The topological polar surface area (TPSA) is 70.6 Å². The summed E-state index contributed by atoms with van der Waals surface area (Å²) in [6, 6.07) is 17.4. The highest BCUT2D eigenvalue weighted by Crippen LogP contribution is 2.59. The zero-order valence-electron chi connectivity index (χ0n) is 20.0. The SMILES string of the molecule is O=C(NCCc1ccccc1)c1ccccc1OCC(O)CNCC12CC3CC(CC(C3)C1)C2. The number of benzene rings is 2. The highest BCUT2D eigenvalue weighted by atomic mass is 16.5. The molecule has 0 heterocycles. The van der Waals surface area contributed by atoms with Gasteiger partial charge in [0.2, 0.25) is 0 Å².